The lowest BCUT2D eigenvalue weighted by Crippen LogP contribution is -2.41. The minimum Gasteiger partial charge on any atom is -0.480 e. The molecule has 0 aliphatic carbocycles. The molecule has 1 atom stereocenters. The monoisotopic (exact) mass is 349 g/mol. The molecule has 0 unspecified atom stereocenters. The van der Waals surface area contributed by atoms with Crippen LogP contribution in [0.4, 0.5) is 4.39 Å². The Kier molecular flexibility index (Phi) is 6.30. The number of hydrogen-bond acceptors (Lipinski definition) is 3. The number of carbonyl (C=O) groups excluding carboxylic acids is 1. The summed E-state index contributed by atoms with van der Waals surface area (Å²) in [6.07, 6.45) is 0. The zero-order chi connectivity index (χ0) is 14.4. The van der Waals surface area contributed by atoms with Gasteiger partial charge in [-0.2, -0.15) is 11.8 Å². The molecule has 1 rings (SSSR count). The Bertz CT molecular complexity index is 464. The minimum absolute atomic E-state index is 0.225. The lowest BCUT2D eigenvalue weighted by atomic mass is 10.2. The fourth-order valence-corrected chi connectivity index (χ4v) is 2.90. The highest BCUT2D eigenvalue weighted by Gasteiger charge is 2.18. The van der Waals surface area contributed by atoms with Crippen molar-refractivity contribution in [1.82, 2.24) is 5.32 Å². The average Bonchev–Trinajstić information content (AvgIpc) is 2.25. The number of hydrogen-bond donors (Lipinski definition) is 2. The van der Waals surface area contributed by atoms with Crippen molar-refractivity contribution < 1.29 is 19.1 Å². The first-order valence-electron chi connectivity index (χ1n) is 5.41. The van der Waals surface area contributed by atoms with Crippen LogP contribution in [0.15, 0.2) is 22.7 Å². The first-order chi connectivity index (χ1) is 8.88. The maximum absolute atomic E-state index is 13.1. The first-order valence-corrected chi connectivity index (χ1v) is 7.36. The van der Waals surface area contributed by atoms with E-state index in [0.29, 0.717) is 10.2 Å². The fraction of sp³-hybridized carbons (Fsp3) is 0.333. The van der Waals surface area contributed by atoms with E-state index < -0.39 is 12.0 Å². The van der Waals surface area contributed by atoms with Gasteiger partial charge < -0.3 is 10.4 Å². The normalized spacial score (nSPS) is 11.9. The third kappa shape index (κ3) is 6.07. The Hall–Kier alpha value is -1.08. The van der Waals surface area contributed by atoms with Crippen molar-refractivity contribution >= 4 is 39.6 Å². The maximum Gasteiger partial charge on any atom is 0.327 e. The van der Waals surface area contributed by atoms with Crippen LogP contribution >= 0.6 is 27.7 Å². The molecule has 0 saturated heterocycles. The van der Waals surface area contributed by atoms with Gasteiger partial charge in [0.2, 0.25) is 5.91 Å². The van der Waals surface area contributed by atoms with Crippen LogP contribution in [-0.2, 0) is 15.3 Å². The van der Waals surface area contributed by atoms with Crippen LogP contribution in [0.2, 0.25) is 0 Å². The molecule has 0 heterocycles. The van der Waals surface area contributed by atoms with Gasteiger partial charge in [0.25, 0.3) is 0 Å². The van der Waals surface area contributed by atoms with Crippen molar-refractivity contribution in [3.05, 3.63) is 34.1 Å². The second kappa shape index (κ2) is 7.49. The van der Waals surface area contributed by atoms with Gasteiger partial charge in [-0.25, -0.2) is 9.18 Å². The Morgan fingerprint density at radius 1 is 1.47 bits per heavy atom. The summed E-state index contributed by atoms with van der Waals surface area (Å²) in [5, 5.41) is 11.3. The average molecular weight is 350 g/mol. The third-order valence-electron chi connectivity index (χ3n) is 2.15. The Morgan fingerprint density at radius 2 is 2.16 bits per heavy atom. The number of carboxylic acid groups (broad SMARTS) is 1. The molecule has 7 heteroatoms. The van der Waals surface area contributed by atoms with E-state index >= 15 is 0 Å². The van der Waals surface area contributed by atoms with Gasteiger partial charge in [-0.05, 0) is 23.8 Å². The third-order valence-corrected chi connectivity index (χ3v) is 3.72. The lowest BCUT2D eigenvalue weighted by Gasteiger charge is -2.12. The van der Waals surface area contributed by atoms with Gasteiger partial charge >= 0.3 is 5.97 Å². The van der Waals surface area contributed by atoms with Gasteiger partial charge in [-0.1, -0.05) is 15.9 Å². The highest BCUT2D eigenvalue weighted by atomic mass is 79.9. The molecule has 0 spiro atoms. The van der Waals surface area contributed by atoms with Gasteiger partial charge in [0, 0.05) is 22.9 Å². The van der Waals surface area contributed by atoms with Crippen LogP contribution in [0.3, 0.4) is 0 Å². The van der Waals surface area contributed by atoms with Crippen LogP contribution < -0.4 is 5.32 Å². The zero-order valence-corrected chi connectivity index (χ0v) is 12.6. The predicted molar refractivity (Wildman–Crippen MR) is 75.5 cm³/mol. The molecule has 1 aromatic carbocycles. The molecule has 104 valence electrons. The second-order valence-electron chi connectivity index (χ2n) is 3.88. The summed E-state index contributed by atoms with van der Waals surface area (Å²) < 4.78 is 13.8. The molecule has 0 bridgehead atoms. The number of thioether (sulfide) groups is 1. The number of amides is 1. The number of halogens is 2. The second-order valence-corrected chi connectivity index (χ2v) is 5.83. The zero-order valence-electron chi connectivity index (χ0n) is 10.2. The van der Waals surface area contributed by atoms with Crippen molar-refractivity contribution in [3.63, 3.8) is 0 Å². The van der Waals surface area contributed by atoms with Crippen LogP contribution in [-0.4, -0.2) is 28.8 Å². The minimum atomic E-state index is -1.08. The van der Waals surface area contributed by atoms with Gasteiger partial charge in [0.1, 0.15) is 11.9 Å². The largest absolute Gasteiger partial charge is 0.480 e. The summed E-state index contributed by atoms with van der Waals surface area (Å²) >= 11 is 4.51. The summed E-state index contributed by atoms with van der Waals surface area (Å²) in [7, 11) is 0. The Morgan fingerprint density at radius 3 is 2.68 bits per heavy atom. The lowest BCUT2D eigenvalue weighted by molar-refractivity contribution is -0.140. The van der Waals surface area contributed by atoms with E-state index in [1.165, 1.54) is 30.8 Å². The number of rotatable bonds is 6. The topological polar surface area (TPSA) is 66.4 Å². The molecular weight excluding hydrogens is 337 g/mol. The molecule has 0 saturated carbocycles. The predicted octanol–water partition coefficient (Wildman–Crippen LogP) is 2.41. The summed E-state index contributed by atoms with van der Waals surface area (Å²) in [5.41, 5.74) is 0.754. The molecule has 4 nitrogen and oxygen atoms in total. The molecule has 1 amide bonds. The summed E-state index contributed by atoms with van der Waals surface area (Å²) in [4.78, 5) is 21.7. The summed E-state index contributed by atoms with van der Waals surface area (Å²) in [6.45, 7) is 1.27. The SMILES string of the molecule is CC(=O)N[C@@H](CSCc1cc(F)cc(Br)c1)C(=O)O. The summed E-state index contributed by atoms with van der Waals surface area (Å²) in [6, 6.07) is 3.58. The van der Waals surface area contributed by atoms with E-state index in [2.05, 4.69) is 21.2 Å². The molecule has 19 heavy (non-hydrogen) atoms. The van der Waals surface area contributed by atoms with E-state index in [1.807, 2.05) is 0 Å². The Balaban J connectivity index is 2.51. The van der Waals surface area contributed by atoms with Crippen LogP contribution in [0.1, 0.15) is 12.5 Å². The van der Waals surface area contributed by atoms with E-state index in [4.69, 9.17) is 5.11 Å². The maximum atomic E-state index is 13.1. The standard InChI is InChI=1S/C12H13BrFNO3S/c1-7(16)15-11(12(17)18)6-19-5-8-2-9(13)4-10(14)3-8/h2-4,11H,5-6H2,1H3,(H,15,16)(H,17,18)/t11-/m0/s1. The quantitative estimate of drug-likeness (QED) is 0.827. The van der Waals surface area contributed by atoms with Crippen LogP contribution in [0.5, 0.6) is 0 Å². The van der Waals surface area contributed by atoms with Crippen molar-refractivity contribution in [2.45, 2.75) is 18.7 Å². The molecular formula is C12H13BrFNO3S. The Labute approximate surface area is 122 Å². The fourth-order valence-electron chi connectivity index (χ4n) is 1.41. The van der Waals surface area contributed by atoms with Crippen molar-refractivity contribution in [2.24, 2.45) is 0 Å². The van der Waals surface area contributed by atoms with E-state index in [-0.39, 0.29) is 17.5 Å². The van der Waals surface area contributed by atoms with E-state index in [0.717, 1.165) is 5.56 Å². The van der Waals surface area contributed by atoms with Gasteiger partial charge in [0.15, 0.2) is 0 Å². The number of nitrogens with one attached hydrogen (secondary N) is 1. The molecule has 0 radical (unpaired) electrons. The number of carbonyl (C=O) groups is 2. The number of aliphatic carboxylic acids is 1. The van der Waals surface area contributed by atoms with Crippen LogP contribution in [0, 0.1) is 5.82 Å². The molecule has 1 aromatic rings. The molecule has 2 N–H and O–H groups in total. The van der Waals surface area contributed by atoms with E-state index in [9.17, 15) is 14.0 Å². The highest BCUT2D eigenvalue weighted by molar-refractivity contribution is 9.10. The first kappa shape index (κ1) is 16.0. The van der Waals surface area contributed by atoms with Gasteiger partial charge in [0.05, 0.1) is 0 Å². The van der Waals surface area contributed by atoms with Gasteiger partial charge in [-0.15, -0.1) is 0 Å². The van der Waals surface area contributed by atoms with E-state index in [1.54, 1.807) is 6.07 Å². The van der Waals surface area contributed by atoms with Crippen LogP contribution in [0.25, 0.3) is 0 Å². The van der Waals surface area contributed by atoms with Crippen molar-refractivity contribution in [1.29, 1.82) is 0 Å². The van der Waals surface area contributed by atoms with Gasteiger partial charge in [-0.3, -0.25) is 4.79 Å². The smallest absolute Gasteiger partial charge is 0.327 e. The highest BCUT2D eigenvalue weighted by Crippen LogP contribution is 2.19. The number of benzene rings is 1. The molecule has 0 aliphatic heterocycles. The number of carboxylic acids is 1. The van der Waals surface area contributed by atoms with Crippen molar-refractivity contribution in [2.75, 3.05) is 5.75 Å². The molecule has 0 aliphatic rings. The summed E-state index contributed by atoms with van der Waals surface area (Å²) in [5.74, 6) is -1.12. The molecule has 0 fully saturated rings. The molecule has 0 aromatic heterocycles. The van der Waals surface area contributed by atoms with Crippen molar-refractivity contribution in [3.8, 4) is 0 Å².